The second-order valence-electron chi connectivity index (χ2n) is 8.27. The minimum absolute atomic E-state index is 0.545. The zero-order valence-electron chi connectivity index (χ0n) is 17.1. The lowest BCUT2D eigenvalue weighted by Gasteiger charge is -2.26. The van der Waals surface area contributed by atoms with Crippen molar-refractivity contribution in [3.05, 3.63) is 64.8 Å². The Morgan fingerprint density at radius 1 is 1.16 bits per heavy atom. The summed E-state index contributed by atoms with van der Waals surface area (Å²) in [5.41, 5.74) is 3.62. The molecule has 3 aromatic heterocycles. The van der Waals surface area contributed by atoms with Gasteiger partial charge in [-0.15, -0.1) is 16.4 Å². The van der Waals surface area contributed by atoms with Crippen LogP contribution in [0.2, 0.25) is 0 Å². The summed E-state index contributed by atoms with van der Waals surface area (Å²) in [7, 11) is 0. The number of benzene rings is 1. The normalized spacial score (nSPS) is 18.6. The minimum Gasteiger partial charge on any atom is -0.380 e. The molecule has 1 aliphatic heterocycles. The van der Waals surface area contributed by atoms with Crippen molar-refractivity contribution in [2.75, 3.05) is 26.3 Å². The van der Waals surface area contributed by atoms with Gasteiger partial charge in [-0.25, -0.2) is 9.67 Å². The minimum atomic E-state index is -0.826. The largest absolute Gasteiger partial charge is 0.380 e. The van der Waals surface area contributed by atoms with E-state index in [1.807, 2.05) is 16.8 Å². The van der Waals surface area contributed by atoms with Crippen molar-refractivity contribution in [1.29, 1.82) is 0 Å². The van der Waals surface area contributed by atoms with Crippen molar-refractivity contribution < 1.29 is 9.84 Å². The number of imidazole rings is 1. The fourth-order valence-corrected chi connectivity index (χ4v) is 5.47. The molecule has 1 saturated heterocycles. The van der Waals surface area contributed by atoms with Crippen LogP contribution in [0.4, 0.5) is 0 Å². The summed E-state index contributed by atoms with van der Waals surface area (Å²) in [6.45, 7) is 4.48. The van der Waals surface area contributed by atoms with Crippen molar-refractivity contribution in [1.82, 2.24) is 29.3 Å². The Morgan fingerprint density at radius 3 is 2.74 bits per heavy atom. The fourth-order valence-electron chi connectivity index (χ4n) is 4.17. The molecule has 2 fully saturated rings. The first-order valence-corrected chi connectivity index (χ1v) is 11.5. The zero-order chi connectivity index (χ0) is 20.8. The molecule has 160 valence electrons. The van der Waals surface area contributed by atoms with Gasteiger partial charge < -0.3 is 9.84 Å². The fraction of sp³-hybridized carbons (Fsp3) is 0.409. The van der Waals surface area contributed by atoms with Crippen molar-refractivity contribution >= 4 is 16.2 Å². The number of hydrogen-bond acceptors (Lipinski definition) is 7. The van der Waals surface area contributed by atoms with Crippen molar-refractivity contribution in [3.8, 4) is 5.69 Å². The van der Waals surface area contributed by atoms with Crippen molar-refractivity contribution in [3.63, 3.8) is 0 Å². The Kier molecular flexibility index (Phi) is 4.83. The van der Waals surface area contributed by atoms with Crippen LogP contribution in [0.5, 0.6) is 0 Å². The number of morpholine rings is 1. The first-order valence-electron chi connectivity index (χ1n) is 10.7. The maximum absolute atomic E-state index is 11.2. The van der Waals surface area contributed by atoms with E-state index in [9.17, 15) is 5.11 Å². The van der Waals surface area contributed by atoms with Gasteiger partial charge in [0.2, 0.25) is 0 Å². The average molecular weight is 437 g/mol. The lowest BCUT2D eigenvalue weighted by molar-refractivity contribution is 0.0342. The van der Waals surface area contributed by atoms with E-state index in [4.69, 9.17) is 4.74 Å². The summed E-state index contributed by atoms with van der Waals surface area (Å²) in [5.74, 6) is 0.545. The first-order chi connectivity index (χ1) is 15.3. The maximum Gasteiger partial charge on any atom is 0.141 e. The molecule has 0 bridgehead atoms. The molecule has 1 atom stereocenters. The molecule has 0 amide bonds. The summed E-state index contributed by atoms with van der Waals surface area (Å²) in [4.78, 5) is 8.93. The smallest absolute Gasteiger partial charge is 0.141 e. The third kappa shape index (κ3) is 3.67. The van der Waals surface area contributed by atoms with Gasteiger partial charge in [-0.3, -0.25) is 9.30 Å². The lowest BCUT2D eigenvalue weighted by Crippen LogP contribution is -2.35. The highest BCUT2D eigenvalue weighted by Crippen LogP contribution is 2.47. The quantitative estimate of drug-likeness (QED) is 0.501. The number of aromatic nitrogens is 5. The van der Waals surface area contributed by atoms with Gasteiger partial charge in [-0.05, 0) is 36.5 Å². The maximum atomic E-state index is 11.2. The molecule has 1 saturated carbocycles. The molecule has 1 N–H and O–H groups in total. The van der Waals surface area contributed by atoms with Gasteiger partial charge >= 0.3 is 0 Å². The lowest BCUT2D eigenvalue weighted by atomic mass is 10.1. The molecule has 0 spiro atoms. The highest BCUT2D eigenvalue weighted by molar-refractivity contribution is 7.17. The van der Waals surface area contributed by atoms with Gasteiger partial charge in [0.1, 0.15) is 23.0 Å². The molecule has 6 rings (SSSR count). The Hall–Kier alpha value is -2.59. The molecule has 9 heteroatoms. The molecule has 0 radical (unpaired) electrons. The van der Waals surface area contributed by atoms with E-state index in [1.54, 1.807) is 22.3 Å². The van der Waals surface area contributed by atoms with Gasteiger partial charge in [-0.2, -0.15) is 0 Å². The van der Waals surface area contributed by atoms with E-state index in [0.717, 1.165) is 49.1 Å². The average Bonchev–Trinajstić information content (AvgIpc) is 3.20. The SMILES string of the molecule is OC(c1cn(-c2ccc(CN3CCOCC3)cc2)nn1)c1c(C2CC2)sc2cncn12. The zero-order valence-corrected chi connectivity index (χ0v) is 17.9. The summed E-state index contributed by atoms with van der Waals surface area (Å²) < 4.78 is 9.14. The predicted octanol–water partition coefficient (Wildman–Crippen LogP) is 2.77. The highest BCUT2D eigenvalue weighted by atomic mass is 32.1. The van der Waals surface area contributed by atoms with E-state index < -0.39 is 6.10 Å². The van der Waals surface area contributed by atoms with Gasteiger partial charge in [0, 0.05) is 24.5 Å². The van der Waals surface area contributed by atoms with E-state index in [2.05, 4.69) is 44.5 Å². The Morgan fingerprint density at radius 2 is 1.97 bits per heavy atom. The molecule has 1 aromatic carbocycles. The second-order valence-corrected chi connectivity index (χ2v) is 9.34. The van der Waals surface area contributed by atoms with Crippen LogP contribution in [0.15, 0.2) is 43.0 Å². The number of aliphatic hydroxyl groups excluding tert-OH is 1. The number of rotatable bonds is 6. The molecule has 1 aliphatic carbocycles. The highest BCUT2D eigenvalue weighted by Gasteiger charge is 2.33. The standard InChI is InChI=1S/C22H24N6O2S/c29-21(20-22(16-3-4-16)31-19-11-23-14-27(19)20)18-13-28(25-24-18)17-5-1-15(2-6-17)12-26-7-9-30-10-8-26/h1-2,5-6,11,13-14,16,21,29H,3-4,7-10,12H2. The Bertz CT molecular complexity index is 1190. The van der Waals surface area contributed by atoms with Crippen molar-refractivity contribution in [2.45, 2.75) is 31.4 Å². The number of ether oxygens (including phenoxy) is 1. The van der Waals surface area contributed by atoms with Gasteiger partial charge in [0.15, 0.2) is 0 Å². The second kappa shape index (κ2) is 7.83. The predicted molar refractivity (Wildman–Crippen MR) is 117 cm³/mol. The third-order valence-electron chi connectivity index (χ3n) is 6.04. The van der Waals surface area contributed by atoms with Crippen molar-refractivity contribution in [2.24, 2.45) is 0 Å². The molecular formula is C22H24N6O2S. The van der Waals surface area contributed by atoms with E-state index >= 15 is 0 Å². The molecule has 4 heterocycles. The molecule has 8 nitrogen and oxygen atoms in total. The van der Waals surface area contributed by atoms with Gasteiger partial charge in [-0.1, -0.05) is 17.3 Å². The van der Waals surface area contributed by atoms with Crippen LogP contribution in [0.3, 0.4) is 0 Å². The van der Waals surface area contributed by atoms with Gasteiger partial charge in [0.05, 0.1) is 37.0 Å². The summed E-state index contributed by atoms with van der Waals surface area (Å²) in [5, 5.41) is 19.7. The first kappa shape index (κ1) is 19.1. The number of fused-ring (bicyclic) bond motifs is 1. The van der Waals surface area contributed by atoms with E-state index in [0.29, 0.717) is 11.6 Å². The molecule has 4 aromatic rings. The van der Waals surface area contributed by atoms with Crippen LogP contribution in [0, 0.1) is 0 Å². The van der Waals surface area contributed by atoms with Gasteiger partial charge in [0.25, 0.3) is 0 Å². The third-order valence-corrected chi connectivity index (χ3v) is 7.31. The molecule has 1 unspecified atom stereocenters. The molecule has 31 heavy (non-hydrogen) atoms. The number of aliphatic hydroxyl groups is 1. The summed E-state index contributed by atoms with van der Waals surface area (Å²) in [6.07, 6.45) is 6.97. The number of nitrogens with zero attached hydrogens (tertiary/aromatic N) is 6. The Balaban J connectivity index is 1.23. The summed E-state index contributed by atoms with van der Waals surface area (Å²) in [6, 6.07) is 8.35. The van der Waals surface area contributed by atoms with Crippen LogP contribution in [-0.2, 0) is 11.3 Å². The van der Waals surface area contributed by atoms with Crippen LogP contribution < -0.4 is 0 Å². The topological polar surface area (TPSA) is 80.7 Å². The van der Waals surface area contributed by atoms with Crippen LogP contribution in [-0.4, -0.2) is 60.7 Å². The Labute approximate surface area is 183 Å². The van der Waals surface area contributed by atoms with E-state index in [-0.39, 0.29) is 0 Å². The number of thiazole rings is 1. The van der Waals surface area contributed by atoms with Crippen LogP contribution in [0.1, 0.15) is 46.7 Å². The van der Waals surface area contributed by atoms with Crippen LogP contribution in [0.25, 0.3) is 10.5 Å². The number of hydrogen-bond donors (Lipinski definition) is 1. The molecule has 2 aliphatic rings. The van der Waals surface area contributed by atoms with E-state index in [1.165, 1.54) is 23.3 Å². The van der Waals surface area contributed by atoms with Crippen LogP contribution >= 0.6 is 11.3 Å². The molecular weight excluding hydrogens is 412 g/mol. The monoisotopic (exact) mass is 436 g/mol. The summed E-state index contributed by atoms with van der Waals surface area (Å²) >= 11 is 1.72.